The van der Waals surface area contributed by atoms with Gasteiger partial charge in [0.15, 0.2) is 0 Å². The number of pyridine rings is 1. The van der Waals surface area contributed by atoms with E-state index < -0.39 is 0 Å². The summed E-state index contributed by atoms with van der Waals surface area (Å²) >= 11 is 0. The van der Waals surface area contributed by atoms with Crippen molar-refractivity contribution in [2.75, 3.05) is 0 Å². The zero-order chi connectivity index (χ0) is 10.1. The van der Waals surface area contributed by atoms with Gasteiger partial charge in [-0.1, -0.05) is 12.5 Å². The van der Waals surface area contributed by atoms with E-state index in [1.54, 1.807) is 5.56 Å². The number of hydrogen-bond acceptors (Lipinski definition) is 1. The number of aryl methyl sites for hydroxylation is 2. The van der Waals surface area contributed by atoms with E-state index in [2.05, 4.69) is 23.2 Å². The highest BCUT2D eigenvalue weighted by Gasteiger charge is 2.08. The quantitative estimate of drug-likeness (QED) is 0.589. The van der Waals surface area contributed by atoms with E-state index in [-0.39, 0.29) is 0 Å². The first-order chi connectivity index (χ1) is 7.43. The molecule has 1 aliphatic rings. The van der Waals surface area contributed by atoms with Crippen molar-refractivity contribution in [3.05, 3.63) is 41.6 Å². The van der Waals surface area contributed by atoms with Gasteiger partial charge >= 0.3 is 0 Å². The fraction of sp³-hybridized carbons (Fsp3) is 0.357. The van der Waals surface area contributed by atoms with Gasteiger partial charge in [0.1, 0.15) is 0 Å². The number of benzene rings is 1. The minimum atomic E-state index is 1.15. The Morgan fingerprint density at radius 2 is 1.73 bits per heavy atom. The second-order valence-corrected chi connectivity index (χ2v) is 4.38. The lowest BCUT2D eigenvalue weighted by molar-refractivity contribution is 0.712. The Labute approximate surface area is 90.2 Å². The lowest BCUT2D eigenvalue weighted by Gasteiger charge is -2.07. The molecule has 0 atom stereocenters. The maximum absolute atomic E-state index is 4.42. The zero-order valence-corrected chi connectivity index (χ0v) is 8.87. The lowest BCUT2D eigenvalue weighted by Crippen LogP contribution is -1.92. The van der Waals surface area contributed by atoms with Crippen LogP contribution in [0, 0.1) is 0 Å². The number of fused-ring (bicyclic) bond motifs is 2. The van der Waals surface area contributed by atoms with E-state index in [4.69, 9.17) is 0 Å². The van der Waals surface area contributed by atoms with E-state index in [1.165, 1.54) is 43.1 Å². The first-order valence-corrected chi connectivity index (χ1v) is 5.80. The van der Waals surface area contributed by atoms with Crippen molar-refractivity contribution >= 4 is 10.9 Å². The van der Waals surface area contributed by atoms with Crippen molar-refractivity contribution < 1.29 is 0 Å². The molecule has 1 aromatic carbocycles. The predicted octanol–water partition coefficient (Wildman–Crippen LogP) is 3.50. The van der Waals surface area contributed by atoms with Gasteiger partial charge in [-0.2, -0.15) is 0 Å². The molecule has 76 valence electrons. The van der Waals surface area contributed by atoms with Crippen LogP contribution in [0.15, 0.2) is 30.5 Å². The molecule has 0 spiro atoms. The van der Waals surface area contributed by atoms with E-state index in [0.717, 1.165) is 5.52 Å². The van der Waals surface area contributed by atoms with Gasteiger partial charge in [-0.05, 0) is 55.0 Å². The minimum absolute atomic E-state index is 1.15. The van der Waals surface area contributed by atoms with Crippen LogP contribution in [0.3, 0.4) is 0 Å². The molecule has 1 aromatic heterocycles. The molecule has 1 nitrogen and oxygen atoms in total. The Morgan fingerprint density at radius 1 is 0.933 bits per heavy atom. The average Bonchev–Trinajstić information content (AvgIpc) is 2.50. The molecule has 3 rings (SSSR count). The van der Waals surface area contributed by atoms with Gasteiger partial charge < -0.3 is 0 Å². The fourth-order valence-corrected chi connectivity index (χ4v) is 2.48. The largest absolute Gasteiger partial charge is 0.256 e. The van der Waals surface area contributed by atoms with Gasteiger partial charge in [-0.15, -0.1) is 0 Å². The topological polar surface area (TPSA) is 12.9 Å². The molecule has 0 saturated heterocycles. The molecule has 0 N–H and O–H groups in total. The molecule has 0 radical (unpaired) electrons. The number of hydrogen-bond donors (Lipinski definition) is 0. The Bertz CT molecular complexity index is 443. The summed E-state index contributed by atoms with van der Waals surface area (Å²) in [4.78, 5) is 4.42. The van der Waals surface area contributed by atoms with E-state index >= 15 is 0 Å². The molecule has 0 fully saturated rings. The van der Waals surface area contributed by atoms with Gasteiger partial charge in [0.2, 0.25) is 0 Å². The Kier molecular flexibility index (Phi) is 2.17. The number of rotatable bonds is 0. The molecule has 1 aliphatic carbocycles. The smallest absolute Gasteiger partial charge is 0.0704 e. The van der Waals surface area contributed by atoms with Crippen LogP contribution in [0.5, 0.6) is 0 Å². The molecule has 1 heterocycles. The fourth-order valence-electron chi connectivity index (χ4n) is 2.48. The SMILES string of the molecule is c1cnc2cc3c(cc2c1)CCCCC3. The Hall–Kier alpha value is -1.37. The molecular formula is C14H15N. The maximum Gasteiger partial charge on any atom is 0.0704 e. The first-order valence-electron chi connectivity index (χ1n) is 5.80. The molecule has 0 unspecified atom stereocenters. The molecule has 0 saturated carbocycles. The molecule has 2 aromatic rings. The molecular weight excluding hydrogens is 182 g/mol. The van der Waals surface area contributed by atoms with Crippen LogP contribution >= 0.6 is 0 Å². The molecule has 0 bridgehead atoms. The summed E-state index contributed by atoms with van der Waals surface area (Å²) in [5, 5.41) is 1.29. The Morgan fingerprint density at radius 3 is 2.60 bits per heavy atom. The van der Waals surface area contributed by atoms with Gasteiger partial charge in [0.25, 0.3) is 0 Å². The first kappa shape index (κ1) is 8.90. The summed E-state index contributed by atoms with van der Waals surface area (Å²) in [5.41, 5.74) is 4.23. The third-order valence-corrected chi connectivity index (χ3v) is 3.32. The summed E-state index contributed by atoms with van der Waals surface area (Å²) < 4.78 is 0. The lowest BCUT2D eigenvalue weighted by atomic mass is 10.0. The van der Waals surface area contributed by atoms with E-state index in [9.17, 15) is 0 Å². The monoisotopic (exact) mass is 197 g/mol. The molecule has 0 aliphatic heterocycles. The maximum atomic E-state index is 4.42. The van der Waals surface area contributed by atoms with Crippen LogP contribution in [-0.2, 0) is 12.8 Å². The highest BCUT2D eigenvalue weighted by atomic mass is 14.6. The molecule has 0 amide bonds. The zero-order valence-electron chi connectivity index (χ0n) is 8.87. The van der Waals surface area contributed by atoms with Crippen molar-refractivity contribution in [1.29, 1.82) is 0 Å². The second-order valence-electron chi connectivity index (χ2n) is 4.38. The van der Waals surface area contributed by atoms with Crippen molar-refractivity contribution in [2.24, 2.45) is 0 Å². The average molecular weight is 197 g/mol. The molecule has 1 heteroatoms. The summed E-state index contributed by atoms with van der Waals surface area (Å²) in [6, 6.07) is 8.80. The van der Waals surface area contributed by atoms with Crippen molar-refractivity contribution in [3.8, 4) is 0 Å². The summed E-state index contributed by atoms with van der Waals surface area (Å²) in [6.07, 6.45) is 8.43. The standard InChI is InChI=1S/C14H15N/c1-2-5-11-9-13-7-4-8-15-14(13)10-12(11)6-3-1/h4,7-10H,1-3,5-6H2. The van der Waals surface area contributed by atoms with Crippen LogP contribution in [0.25, 0.3) is 10.9 Å². The van der Waals surface area contributed by atoms with E-state index in [1.807, 2.05) is 12.3 Å². The van der Waals surface area contributed by atoms with Gasteiger partial charge in [-0.25, -0.2) is 0 Å². The third-order valence-electron chi connectivity index (χ3n) is 3.32. The van der Waals surface area contributed by atoms with Crippen LogP contribution in [0.1, 0.15) is 30.4 Å². The normalized spacial score (nSPS) is 16.0. The summed E-state index contributed by atoms with van der Waals surface area (Å²) in [5.74, 6) is 0. The predicted molar refractivity (Wildman–Crippen MR) is 63.0 cm³/mol. The van der Waals surface area contributed by atoms with Crippen molar-refractivity contribution in [1.82, 2.24) is 4.98 Å². The second kappa shape index (κ2) is 3.65. The van der Waals surface area contributed by atoms with Crippen LogP contribution in [0.4, 0.5) is 0 Å². The highest BCUT2D eigenvalue weighted by Crippen LogP contribution is 2.24. The summed E-state index contributed by atoms with van der Waals surface area (Å²) in [6.45, 7) is 0. The molecule has 15 heavy (non-hydrogen) atoms. The van der Waals surface area contributed by atoms with Crippen molar-refractivity contribution in [3.63, 3.8) is 0 Å². The third kappa shape index (κ3) is 1.63. The Balaban J connectivity index is 2.20. The van der Waals surface area contributed by atoms with E-state index in [0.29, 0.717) is 0 Å². The summed E-state index contributed by atoms with van der Waals surface area (Å²) in [7, 11) is 0. The highest BCUT2D eigenvalue weighted by molar-refractivity contribution is 5.80. The van der Waals surface area contributed by atoms with Crippen LogP contribution < -0.4 is 0 Å². The van der Waals surface area contributed by atoms with Crippen LogP contribution in [-0.4, -0.2) is 4.98 Å². The van der Waals surface area contributed by atoms with Gasteiger partial charge in [-0.3, -0.25) is 4.98 Å². The van der Waals surface area contributed by atoms with Gasteiger partial charge in [0, 0.05) is 11.6 Å². The van der Waals surface area contributed by atoms with Gasteiger partial charge in [0.05, 0.1) is 5.52 Å². The number of nitrogens with zero attached hydrogens (tertiary/aromatic N) is 1. The minimum Gasteiger partial charge on any atom is -0.256 e. The number of aromatic nitrogens is 1. The van der Waals surface area contributed by atoms with Crippen LogP contribution in [0.2, 0.25) is 0 Å². The van der Waals surface area contributed by atoms with Crippen molar-refractivity contribution in [2.45, 2.75) is 32.1 Å².